The summed E-state index contributed by atoms with van der Waals surface area (Å²) >= 11 is 0. The number of carbonyl (C=O) groups excluding carboxylic acids is 1. The summed E-state index contributed by atoms with van der Waals surface area (Å²) in [6, 6.07) is 11.0. The largest absolute Gasteiger partial charge is 0.490 e. The minimum atomic E-state index is -1.04. The molecule has 4 aliphatic rings. The molecular formula is C27H30O7. The number of aliphatic hydroxyl groups is 2. The van der Waals surface area contributed by atoms with Crippen molar-refractivity contribution in [3.05, 3.63) is 59.2 Å². The molecule has 1 atom stereocenters. The van der Waals surface area contributed by atoms with E-state index in [-0.39, 0.29) is 29.9 Å². The van der Waals surface area contributed by atoms with Gasteiger partial charge in [-0.3, -0.25) is 0 Å². The van der Waals surface area contributed by atoms with Crippen molar-refractivity contribution >= 4 is 11.9 Å². The van der Waals surface area contributed by atoms with E-state index < -0.39 is 18.0 Å². The third-order valence-corrected chi connectivity index (χ3v) is 7.78. The van der Waals surface area contributed by atoms with Crippen LogP contribution in [0.1, 0.15) is 64.8 Å². The first kappa shape index (κ1) is 22.9. The average molecular weight is 467 g/mol. The van der Waals surface area contributed by atoms with Gasteiger partial charge in [0.15, 0.2) is 0 Å². The SMILES string of the molecule is O=C(O)c1ccc(OC(=O)c2ccc(OCC(O)CO)c(C34CC5CC(CC(C5)C3)C4)c2)cc1. The first-order valence-electron chi connectivity index (χ1n) is 12.0. The van der Waals surface area contributed by atoms with Crippen LogP contribution in [-0.4, -0.2) is 46.6 Å². The van der Waals surface area contributed by atoms with E-state index in [2.05, 4.69) is 0 Å². The van der Waals surface area contributed by atoms with Crippen molar-refractivity contribution in [3.8, 4) is 11.5 Å². The standard InChI is InChI=1S/C27H30O7/c28-14-21(29)15-33-24-6-3-20(26(32)34-22-4-1-19(2-5-22)25(30)31)10-23(24)27-11-16-7-17(12-27)9-18(8-16)13-27/h1-6,10,16-18,21,28-29H,7-9,11-15H2,(H,30,31). The van der Waals surface area contributed by atoms with Crippen LogP contribution in [0, 0.1) is 17.8 Å². The van der Waals surface area contributed by atoms with E-state index in [4.69, 9.17) is 14.6 Å². The molecule has 4 fully saturated rings. The predicted octanol–water partition coefficient (Wildman–Crippen LogP) is 3.80. The summed E-state index contributed by atoms with van der Waals surface area (Å²) in [4.78, 5) is 24.0. The minimum absolute atomic E-state index is 0.0183. The van der Waals surface area contributed by atoms with Crippen LogP contribution >= 0.6 is 0 Å². The predicted molar refractivity (Wildman–Crippen MR) is 123 cm³/mol. The molecule has 0 spiro atoms. The van der Waals surface area contributed by atoms with E-state index in [0.717, 1.165) is 24.8 Å². The summed E-state index contributed by atoms with van der Waals surface area (Å²) in [5, 5.41) is 28.1. The van der Waals surface area contributed by atoms with E-state index in [1.54, 1.807) is 12.1 Å². The van der Waals surface area contributed by atoms with E-state index in [1.165, 1.54) is 43.5 Å². The number of aliphatic hydroxyl groups excluding tert-OH is 2. The first-order valence-corrected chi connectivity index (χ1v) is 12.0. The smallest absolute Gasteiger partial charge is 0.343 e. The molecule has 2 aromatic carbocycles. The van der Waals surface area contributed by atoms with Crippen molar-refractivity contribution in [2.24, 2.45) is 17.8 Å². The summed E-state index contributed by atoms with van der Waals surface area (Å²) in [6.45, 7) is -0.395. The van der Waals surface area contributed by atoms with Crippen LogP contribution in [0.4, 0.5) is 0 Å². The van der Waals surface area contributed by atoms with Crippen molar-refractivity contribution in [1.29, 1.82) is 0 Å². The van der Waals surface area contributed by atoms with Crippen LogP contribution in [0.2, 0.25) is 0 Å². The van der Waals surface area contributed by atoms with Crippen LogP contribution in [0.5, 0.6) is 11.5 Å². The maximum absolute atomic E-state index is 13.0. The minimum Gasteiger partial charge on any atom is -0.490 e. The molecule has 7 nitrogen and oxygen atoms in total. The molecule has 1 unspecified atom stereocenters. The highest BCUT2D eigenvalue weighted by molar-refractivity contribution is 5.92. The molecular weight excluding hydrogens is 436 g/mol. The lowest BCUT2D eigenvalue weighted by atomic mass is 9.48. The average Bonchev–Trinajstić information content (AvgIpc) is 2.82. The molecule has 6 rings (SSSR count). The van der Waals surface area contributed by atoms with Gasteiger partial charge >= 0.3 is 11.9 Å². The Hall–Kier alpha value is -2.90. The zero-order chi connectivity index (χ0) is 23.9. The van der Waals surface area contributed by atoms with Gasteiger partial charge in [0.1, 0.15) is 24.2 Å². The van der Waals surface area contributed by atoms with Crippen LogP contribution in [0.25, 0.3) is 0 Å². The normalized spacial score (nSPS) is 27.9. The lowest BCUT2D eigenvalue weighted by Crippen LogP contribution is -2.48. The molecule has 0 aliphatic heterocycles. The van der Waals surface area contributed by atoms with Crippen LogP contribution in [0.15, 0.2) is 42.5 Å². The molecule has 2 aromatic rings. The molecule has 0 heterocycles. The number of rotatable bonds is 8. The number of hydrogen-bond donors (Lipinski definition) is 3. The van der Waals surface area contributed by atoms with Crippen molar-refractivity contribution < 1.29 is 34.4 Å². The zero-order valence-corrected chi connectivity index (χ0v) is 19.0. The number of esters is 1. The zero-order valence-electron chi connectivity index (χ0n) is 19.0. The fourth-order valence-corrected chi connectivity index (χ4v) is 6.71. The van der Waals surface area contributed by atoms with E-state index in [1.807, 2.05) is 6.07 Å². The van der Waals surface area contributed by atoms with Crippen molar-refractivity contribution in [1.82, 2.24) is 0 Å². The molecule has 0 radical (unpaired) electrons. The van der Waals surface area contributed by atoms with E-state index >= 15 is 0 Å². The number of ether oxygens (including phenoxy) is 2. The summed E-state index contributed by atoms with van der Waals surface area (Å²) in [5.41, 5.74) is 1.47. The second-order valence-electron chi connectivity index (χ2n) is 10.3. The van der Waals surface area contributed by atoms with Gasteiger partial charge in [0.25, 0.3) is 0 Å². The second-order valence-corrected chi connectivity index (χ2v) is 10.3. The van der Waals surface area contributed by atoms with Gasteiger partial charge in [0, 0.05) is 5.56 Å². The third kappa shape index (κ3) is 4.42. The van der Waals surface area contributed by atoms with Gasteiger partial charge in [-0.2, -0.15) is 0 Å². The number of benzene rings is 2. The van der Waals surface area contributed by atoms with Gasteiger partial charge in [0.05, 0.1) is 17.7 Å². The quantitative estimate of drug-likeness (QED) is 0.401. The molecule has 34 heavy (non-hydrogen) atoms. The number of hydrogen-bond acceptors (Lipinski definition) is 6. The molecule has 0 amide bonds. The Bertz CT molecular complexity index is 1040. The lowest BCUT2D eigenvalue weighted by Gasteiger charge is -2.57. The van der Waals surface area contributed by atoms with Gasteiger partial charge in [-0.1, -0.05) is 0 Å². The monoisotopic (exact) mass is 466 g/mol. The molecule has 180 valence electrons. The Kier molecular flexibility index (Phi) is 6.08. The van der Waals surface area contributed by atoms with Crippen molar-refractivity contribution in [2.75, 3.05) is 13.2 Å². The molecule has 4 bridgehead atoms. The van der Waals surface area contributed by atoms with Gasteiger partial charge in [0.2, 0.25) is 0 Å². The molecule has 7 heteroatoms. The number of carboxylic acid groups (broad SMARTS) is 1. The highest BCUT2D eigenvalue weighted by atomic mass is 16.5. The van der Waals surface area contributed by atoms with Crippen LogP contribution < -0.4 is 9.47 Å². The number of carboxylic acids is 1. The number of aromatic carboxylic acids is 1. The first-order chi connectivity index (χ1) is 16.3. The Labute approximate surface area is 198 Å². The van der Waals surface area contributed by atoms with Gasteiger partial charge in [-0.15, -0.1) is 0 Å². The van der Waals surface area contributed by atoms with Gasteiger partial charge < -0.3 is 24.8 Å². The Balaban J connectivity index is 1.44. The third-order valence-electron chi connectivity index (χ3n) is 7.78. The maximum atomic E-state index is 13.0. The van der Waals surface area contributed by atoms with Crippen LogP contribution in [0.3, 0.4) is 0 Å². The summed E-state index contributed by atoms with van der Waals surface area (Å²) < 4.78 is 11.5. The highest BCUT2D eigenvalue weighted by Crippen LogP contribution is 2.62. The Morgan fingerprint density at radius 2 is 1.53 bits per heavy atom. The van der Waals surface area contributed by atoms with Gasteiger partial charge in [-0.25, -0.2) is 9.59 Å². The second kappa shape index (κ2) is 9.04. The molecule has 4 saturated carbocycles. The van der Waals surface area contributed by atoms with Gasteiger partial charge in [-0.05, 0) is 104 Å². The van der Waals surface area contributed by atoms with E-state index in [0.29, 0.717) is 29.1 Å². The highest BCUT2D eigenvalue weighted by Gasteiger charge is 2.52. The number of carbonyl (C=O) groups is 2. The Morgan fingerprint density at radius 3 is 2.09 bits per heavy atom. The van der Waals surface area contributed by atoms with Crippen molar-refractivity contribution in [2.45, 2.75) is 50.0 Å². The maximum Gasteiger partial charge on any atom is 0.343 e. The van der Waals surface area contributed by atoms with E-state index in [9.17, 15) is 19.8 Å². The summed E-state index contributed by atoms with van der Waals surface area (Å²) in [6.07, 6.45) is 6.11. The van der Waals surface area contributed by atoms with Crippen molar-refractivity contribution in [3.63, 3.8) is 0 Å². The molecule has 4 aliphatic carbocycles. The molecule has 3 N–H and O–H groups in total. The summed E-state index contributed by atoms with van der Waals surface area (Å²) in [5.74, 6) is 1.46. The van der Waals surface area contributed by atoms with Crippen LogP contribution in [-0.2, 0) is 5.41 Å². The topological polar surface area (TPSA) is 113 Å². The lowest BCUT2D eigenvalue weighted by molar-refractivity contribution is -0.00740. The molecule has 0 saturated heterocycles. The Morgan fingerprint density at radius 1 is 0.941 bits per heavy atom. The molecule has 0 aromatic heterocycles. The fraction of sp³-hybridized carbons (Fsp3) is 0.481. The fourth-order valence-electron chi connectivity index (χ4n) is 6.71. The summed E-state index contributed by atoms with van der Waals surface area (Å²) in [7, 11) is 0.